The number of amides is 1. The maximum atomic E-state index is 10.5. The van der Waals surface area contributed by atoms with Crippen LogP contribution in [0.15, 0.2) is 0 Å². The lowest BCUT2D eigenvalue weighted by atomic mass is 10.9. The third-order valence-corrected chi connectivity index (χ3v) is 1.18. The maximum absolute atomic E-state index is 10.5. The zero-order valence-corrected chi connectivity index (χ0v) is 7.22. The van der Waals surface area contributed by atoms with Crippen LogP contribution >= 0.6 is 6.72 Å². The summed E-state index contributed by atoms with van der Waals surface area (Å²) in [4.78, 5) is 28.4. The number of hydrogen-bond acceptors (Lipinski definition) is 3. The second-order valence-electron chi connectivity index (χ2n) is 1.74. The summed E-state index contributed by atoms with van der Waals surface area (Å²) in [5.74, 6) is 0. The average Bonchev–Trinajstić information content (AvgIpc) is 1.60. The first-order chi connectivity index (χ1) is 4.33. The van der Waals surface area contributed by atoms with Crippen LogP contribution in [0.1, 0.15) is 0 Å². The molecule has 0 aromatic rings. The number of rotatable bonds is 1. The van der Waals surface area contributed by atoms with Crippen molar-refractivity contribution in [3.05, 3.63) is 0 Å². The summed E-state index contributed by atoms with van der Waals surface area (Å²) < 4.78 is 4.02. The second-order valence-corrected chi connectivity index (χ2v) is 4.33. The Balaban J connectivity index is 3.94. The molecule has 10 heavy (non-hydrogen) atoms. The summed E-state index contributed by atoms with van der Waals surface area (Å²) in [6.45, 7) is -3.83. The van der Waals surface area contributed by atoms with Gasteiger partial charge in [0.25, 0.3) is 0 Å². The van der Waals surface area contributed by atoms with Crippen LogP contribution < -0.4 is 0 Å². The molecule has 1 amide bonds. The van der Waals surface area contributed by atoms with Crippen molar-refractivity contribution in [2.24, 2.45) is 0 Å². The molecule has 7 heteroatoms. The molecule has 2 N–H and O–H groups in total. The number of carbonyl (C=O) groups excluding carboxylic acids is 1. The predicted molar refractivity (Wildman–Crippen MR) is 38.9 cm³/mol. The molecule has 0 fully saturated rings. The molecule has 0 aliphatic rings. The van der Waals surface area contributed by atoms with Gasteiger partial charge in [-0.3, -0.25) is 0 Å². The summed E-state index contributed by atoms with van der Waals surface area (Å²) in [5.41, 5.74) is 0. The van der Waals surface area contributed by atoms with Gasteiger partial charge in [0, 0.05) is 25.9 Å². The molecule has 0 aromatic carbocycles. The standard InChI is InChI=1S/C3H8NO4PS/c1-4(2)3(5)8-9(6,7)10/h1-2H3,(H2,6,7,10). The summed E-state index contributed by atoms with van der Waals surface area (Å²) in [6, 6.07) is 0. The van der Waals surface area contributed by atoms with Crippen LogP contribution in [0.2, 0.25) is 0 Å². The average molecular weight is 185 g/mol. The molecule has 0 heterocycles. The van der Waals surface area contributed by atoms with Crippen LogP contribution in [0.5, 0.6) is 0 Å². The minimum atomic E-state index is -3.83. The van der Waals surface area contributed by atoms with Crippen molar-refractivity contribution in [2.75, 3.05) is 14.1 Å². The number of nitrogens with zero attached hydrogens (tertiary/aromatic N) is 1. The first kappa shape index (κ1) is 9.84. The molecule has 0 bridgehead atoms. The van der Waals surface area contributed by atoms with Gasteiger partial charge in [0.1, 0.15) is 0 Å². The quantitative estimate of drug-likeness (QED) is 0.558. The van der Waals surface area contributed by atoms with Crippen LogP contribution in [0.25, 0.3) is 0 Å². The molecular formula is C3H8NO4PS. The Bertz CT molecular complexity index is 175. The smallest absolute Gasteiger partial charge is 0.375 e. The third-order valence-electron chi connectivity index (χ3n) is 0.562. The predicted octanol–water partition coefficient (Wildman–Crippen LogP) is -0.106. The van der Waals surface area contributed by atoms with Crippen molar-refractivity contribution < 1.29 is 19.1 Å². The third kappa shape index (κ3) is 4.69. The Morgan fingerprint density at radius 1 is 1.60 bits per heavy atom. The highest BCUT2D eigenvalue weighted by molar-refractivity contribution is 8.06. The van der Waals surface area contributed by atoms with Crippen molar-refractivity contribution in [1.29, 1.82) is 0 Å². The first-order valence-corrected chi connectivity index (χ1v) is 4.92. The minimum absolute atomic E-state index is 0.853. The summed E-state index contributed by atoms with van der Waals surface area (Å²) in [6.07, 6.45) is -0.853. The molecule has 0 aliphatic heterocycles. The fourth-order valence-corrected chi connectivity index (χ4v) is 0.741. The van der Waals surface area contributed by atoms with Gasteiger partial charge in [0.15, 0.2) is 0 Å². The SMILES string of the molecule is CN(C)C(=O)OP(O)(O)=S. The summed E-state index contributed by atoms with van der Waals surface area (Å²) in [7, 11) is 2.82. The number of carbonyl (C=O) groups is 1. The molecule has 0 aromatic heterocycles. The van der Waals surface area contributed by atoms with Crippen molar-refractivity contribution in [1.82, 2.24) is 4.90 Å². The normalized spacial score (nSPS) is 10.8. The van der Waals surface area contributed by atoms with E-state index in [1.165, 1.54) is 14.1 Å². The monoisotopic (exact) mass is 185 g/mol. The van der Waals surface area contributed by atoms with Gasteiger partial charge in [0.05, 0.1) is 0 Å². The highest BCUT2D eigenvalue weighted by Crippen LogP contribution is 2.36. The molecule has 60 valence electrons. The van der Waals surface area contributed by atoms with Gasteiger partial charge in [-0.25, -0.2) is 4.79 Å². The highest BCUT2D eigenvalue weighted by Gasteiger charge is 2.15. The molecule has 0 saturated carbocycles. The molecule has 5 nitrogen and oxygen atoms in total. The van der Waals surface area contributed by atoms with E-state index in [0.29, 0.717) is 0 Å². The van der Waals surface area contributed by atoms with E-state index < -0.39 is 12.8 Å². The van der Waals surface area contributed by atoms with Crippen molar-refractivity contribution in [3.8, 4) is 0 Å². The molecule has 0 saturated heterocycles. The zero-order valence-electron chi connectivity index (χ0n) is 5.51. The first-order valence-electron chi connectivity index (χ1n) is 2.29. The van der Waals surface area contributed by atoms with Crippen molar-refractivity contribution in [3.63, 3.8) is 0 Å². The molecular weight excluding hydrogens is 177 g/mol. The fraction of sp³-hybridized carbons (Fsp3) is 0.667. The van der Waals surface area contributed by atoms with Gasteiger partial charge >= 0.3 is 12.8 Å². The maximum Gasteiger partial charge on any atom is 0.415 e. The molecule has 0 radical (unpaired) electrons. The van der Waals surface area contributed by atoms with Gasteiger partial charge < -0.3 is 19.2 Å². The Labute approximate surface area is 63.5 Å². The molecule has 0 unspecified atom stereocenters. The summed E-state index contributed by atoms with van der Waals surface area (Å²) >= 11 is 4.03. The largest absolute Gasteiger partial charge is 0.415 e. The summed E-state index contributed by atoms with van der Waals surface area (Å²) in [5, 5.41) is 0. The van der Waals surface area contributed by atoms with Gasteiger partial charge in [0.2, 0.25) is 0 Å². The van der Waals surface area contributed by atoms with Crippen LogP contribution in [-0.2, 0) is 16.3 Å². The van der Waals surface area contributed by atoms with E-state index in [9.17, 15) is 4.79 Å². The van der Waals surface area contributed by atoms with Gasteiger partial charge in [-0.05, 0) is 0 Å². The van der Waals surface area contributed by atoms with Crippen molar-refractivity contribution in [2.45, 2.75) is 0 Å². The molecule has 0 atom stereocenters. The van der Waals surface area contributed by atoms with E-state index in [4.69, 9.17) is 9.79 Å². The van der Waals surface area contributed by atoms with E-state index in [2.05, 4.69) is 16.3 Å². The Morgan fingerprint density at radius 2 is 2.00 bits per heavy atom. The second kappa shape index (κ2) is 3.30. The Hall–Kier alpha value is -0.160. The Morgan fingerprint density at radius 3 is 2.10 bits per heavy atom. The van der Waals surface area contributed by atoms with Crippen LogP contribution in [0, 0.1) is 0 Å². The van der Waals surface area contributed by atoms with Crippen molar-refractivity contribution >= 4 is 24.6 Å². The Kier molecular flexibility index (Phi) is 3.24. The zero-order chi connectivity index (χ0) is 8.36. The lowest BCUT2D eigenvalue weighted by Gasteiger charge is -2.12. The lowest BCUT2D eigenvalue weighted by Crippen LogP contribution is -2.21. The minimum Gasteiger partial charge on any atom is -0.375 e. The van der Waals surface area contributed by atoms with E-state index in [1.54, 1.807) is 0 Å². The van der Waals surface area contributed by atoms with E-state index in [0.717, 1.165) is 4.90 Å². The van der Waals surface area contributed by atoms with Gasteiger partial charge in [-0.2, -0.15) is 0 Å². The highest BCUT2D eigenvalue weighted by atomic mass is 32.5. The topological polar surface area (TPSA) is 70.0 Å². The van der Waals surface area contributed by atoms with E-state index in [-0.39, 0.29) is 0 Å². The van der Waals surface area contributed by atoms with Gasteiger partial charge in [-0.15, -0.1) is 0 Å². The molecule has 0 rings (SSSR count). The molecule has 0 spiro atoms. The van der Waals surface area contributed by atoms with Crippen LogP contribution in [0.4, 0.5) is 4.79 Å². The van der Waals surface area contributed by atoms with Crippen LogP contribution in [0.3, 0.4) is 0 Å². The van der Waals surface area contributed by atoms with Gasteiger partial charge in [-0.1, -0.05) is 0 Å². The van der Waals surface area contributed by atoms with Crippen LogP contribution in [-0.4, -0.2) is 34.9 Å². The number of hydrogen-bond donors (Lipinski definition) is 2. The lowest BCUT2D eigenvalue weighted by molar-refractivity contribution is 0.163. The van der Waals surface area contributed by atoms with E-state index >= 15 is 0 Å². The fourth-order valence-electron chi connectivity index (χ4n) is 0.183. The molecule has 0 aliphatic carbocycles. The van der Waals surface area contributed by atoms with E-state index in [1.807, 2.05) is 0 Å².